The Morgan fingerprint density at radius 3 is 1.84 bits per heavy atom. The highest BCUT2D eigenvalue weighted by Gasteiger charge is 2.33. The van der Waals surface area contributed by atoms with Crippen molar-refractivity contribution in [2.75, 3.05) is 19.6 Å². The van der Waals surface area contributed by atoms with Gasteiger partial charge in [-0.25, -0.2) is 0 Å². The Hall–Kier alpha value is -4.32. The van der Waals surface area contributed by atoms with Gasteiger partial charge in [0.2, 0.25) is 35.4 Å². The Labute approximate surface area is 287 Å². The number of unbranched alkanes of at least 4 members (excludes halogenated alkanes) is 1. The quantitative estimate of drug-likeness (QED) is 0.0208. The second-order valence-electron chi connectivity index (χ2n) is 12.7. The summed E-state index contributed by atoms with van der Waals surface area (Å²) in [6.07, 6.45) is 3.43. The number of primary amides is 1. The first-order valence-corrected chi connectivity index (χ1v) is 16.9. The maximum Gasteiger partial charge on any atom is 0.243 e. The van der Waals surface area contributed by atoms with Gasteiger partial charge in [0.25, 0.3) is 0 Å². The van der Waals surface area contributed by atoms with E-state index in [0.717, 1.165) is 6.42 Å². The van der Waals surface area contributed by atoms with E-state index in [0.29, 0.717) is 45.1 Å². The molecule has 0 aromatic carbocycles. The average Bonchev–Trinajstić information content (AvgIpc) is 3.58. The van der Waals surface area contributed by atoms with Gasteiger partial charge in [-0.1, -0.05) is 13.8 Å². The fraction of sp³-hybridized carbons (Fsp3) is 0.742. The maximum absolute atomic E-state index is 13.7. The van der Waals surface area contributed by atoms with Gasteiger partial charge < -0.3 is 59.6 Å². The van der Waals surface area contributed by atoms with E-state index in [1.807, 2.05) is 13.8 Å². The standard InChI is InChI=1S/C31H57N11O7/c1-18(2)16-24(30(49)38-19(3)17-43)42-29(48)23(11-12-25(33)44)41-27(46)21(8-4-5-13-32)40-28(47)22(10-7-15-37-31(34)35)39-26(45)20-9-6-14-36-20/h17-24,36H,4-16,32H2,1-3H3,(H2,33,44)(H,38,49)(H,39,45)(H,40,47)(H,41,46)(H,42,48)(H4,34,35,37)/t19-,20-,21-,22-,23-,24-/m0/s1. The van der Waals surface area contributed by atoms with E-state index in [-0.39, 0.29) is 56.4 Å². The largest absolute Gasteiger partial charge is 0.370 e. The van der Waals surface area contributed by atoms with Crippen LogP contribution in [0.2, 0.25) is 0 Å². The number of hydrogen-bond acceptors (Lipinski definition) is 10. The van der Waals surface area contributed by atoms with Crippen LogP contribution in [0, 0.1) is 5.92 Å². The van der Waals surface area contributed by atoms with E-state index < -0.39 is 65.8 Å². The normalized spacial score (nSPS) is 17.0. The molecule has 14 N–H and O–H groups in total. The first-order valence-electron chi connectivity index (χ1n) is 16.9. The van der Waals surface area contributed by atoms with Gasteiger partial charge in [0, 0.05) is 13.0 Å². The molecule has 6 amide bonds. The average molecular weight is 696 g/mol. The molecule has 1 rings (SSSR count). The molecule has 0 saturated carbocycles. The molecule has 6 atom stereocenters. The summed E-state index contributed by atoms with van der Waals surface area (Å²) >= 11 is 0. The van der Waals surface area contributed by atoms with Gasteiger partial charge in [0.1, 0.15) is 30.5 Å². The molecular formula is C31H57N11O7. The number of aliphatic imine (C=N–C) groups is 1. The summed E-state index contributed by atoms with van der Waals surface area (Å²) in [5, 5.41) is 16.3. The minimum atomic E-state index is -1.30. The number of carbonyl (C=O) groups is 7. The summed E-state index contributed by atoms with van der Waals surface area (Å²) in [6.45, 7) is 6.40. The number of amides is 6. The summed E-state index contributed by atoms with van der Waals surface area (Å²) < 4.78 is 0. The third kappa shape index (κ3) is 17.6. The maximum atomic E-state index is 13.7. The molecule has 0 aromatic heterocycles. The van der Waals surface area contributed by atoms with Crippen molar-refractivity contribution in [2.45, 2.75) is 121 Å². The van der Waals surface area contributed by atoms with E-state index in [4.69, 9.17) is 22.9 Å². The van der Waals surface area contributed by atoms with E-state index in [1.165, 1.54) is 6.92 Å². The molecule has 0 aromatic rings. The highest BCUT2D eigenvalue weighted by molar-refractivity contribution is 5.96. The molecule has 18 nitrogen and oxygen atoms in total. The number of hydrogen-bond donors (Lipinski definition) is 10. The van der Waals surface area contributed by atoms with E-state index in [9.17, 15) is 33.6 Å². The smallest absolute Gasteiger partial charge is 0.243 e. The number of nitrogens with one attached hydrogen (secondary N) is 6. The fourth-order valence-corrected chi connectivity index (χ4v) is 5.15. The monoisotopic (exact) mass is 695 g/mol. The van der Waals surface area contributed by atoms with Gasteiger partial charge in [-0.05, 0) is 83.7 Å². The van der Waals surface area contributed by atoms with Crippen LogP contribution in [-0.4, -0.2) is 104 Å². The van der Waals surface area contributed by atoms with Crippen LogP contribution in [-0.2, 0) is 33.6 Å². The van der Waals surface area contributed by atoms with Crippen molar-refractivity contribution in [1.29, 1.82) is 0 Å². The second kappa shape index (κ2) is 23.1. The number of nitrogens with two attached hydrogens (primary N) is 4. The van der Waals surface area contributed by atoms with Crippen LogP contribution < -0.4 is 54.8 Å². The van der Waals surface area contributed by atoms with Crippen molar-refractivity contribution in [2.24, 2.45) is 33.8 Å². The number of rotatable bonds is 24. The molecule has 0 unspecified atom stereocenters. The van der Waals surface area contributed by atoms with Gasteiger partial charge in [0.15, 0.2) is 5.96 Å². The fourth-order valence-electron chi connectivity index (χ4n) is 5.15. The lowest BCUT2D eigenvalue weighted by Gasteiger charge is -2.27. The SMILES string of the molecule is CC(C)C[C@H](NC(=O)[C@H](CCC(N)=O)NC(=O)[C@H](CCCCN)NC(=O)[C@H](CCCN=C(N)N)NC(=O)[C@@H]1CCCN1)C(=O)N[C@@H](C)C=O. The molecule has 1 aliphatic heterocycles. The lowest BCUT2D eigenvalue weighted by Crippen LogP contribution is -2.59. The molecule has 0 spiro atoms. The van der Waals surface area contributed by atoms with Crippen molar-refractivity contribution in [3.63, 3.8) is 0 Å². The zero-order valence-electron chi connectivity index (χ0n) is 28.9. The van der Waals surface area contributed by atoms with Crippen LogP contribution in [0.3, 0.4) is 0 Å². The molecular weight excluding hydrogens is 638 g/mol. The van der Waals surface area contributed by atoms with Gasteiger partial charge in [-0.2, -0.15) is 0 Å². The van der Waals surface area contributed by atoms with E-state index in [1.54, 1.807) is 0 Å². The van der Waals surface area contributed by atoms with Crippen LogP contribution in [0.5, 0.6) is 0 Å². The molecule has 49 heavy (non-hydrogen) atoms. The van der Waals surface area contributed by atoms with Gasteiger partial charge in [0.05, 0.1) is 12.1 Å². The highest BCUT2D eigenvalue weighted by atomic mass is 16.2. The third-order valence-electron chi connectivity index (χ3n) is 7.76. The van der Waals surface area contributed by atoms with Gasteiger partial charge in [-0.3, -0.25) is 33.8 Å². The third-order valence-corrected chi connectivity index (χ3v) is 7.76. The van der Waals surface area contributed by atoms with Crippen molar-refractivity contribution < 1.29 is 33.6 Å². The lowest BCUT2D eigenvalue weighted by molar-refractivity contribution is -0.135. The van der Waals surface area contributed by atoms with Gasteiger partial charge in [-0.15, -0.1) is 0 Å². The van der Waals surface area contributed by atoms with Crippen molar-refractivity contribution >= 4 is 47.7 Å². The number of guanidine groups is 1. The molecule has 1 aliphatic rings. The molecule has 278 valence electrons. The second-order valence-corrected chi connectivity index (χ2v) is 12.7. The predicted octanol–water partition coefficient (Wildman–Crippen LogP) is -3.12. The Bertz CT molecular complexity index is 1140. The van der Waals surface area contributed by atoms with Crippen molar-refractivity contribution in [3.05, 3.63) is 0 Å². The van der Waals surface area contributed by atoms with Crippen molar-refractivity contribution in [3.8, 4) is 0 Å². The zero-order valence-corrected chi connectivity index (χ0v) is 28.9. The minimum absolute atomic E-state index is 0.0271. The molecule has 0 radical (unpaired) electrons. The topological polar surface area (TPSA) is 308 Å². The number of nitrogens with zero attached hydrogens (tertiary/aromatic N) is 1. The molecule has 1 saturated heterocycles. The molecule has 18 heteroatoms. The molecule has 1 fully saturated rings. The molecule has 0 aliphatic carbocycles. The Balaban J connectivity index is 3.22. The summed E-state index contributed by atoms with van der Waals surface area (Å²) in [6, 6.07) is -5.76. The first kappa shape index (κ1) is 42.7. The first-order chi connectivity index (χ1) is 23.2. The van der Waals surface area contributed by atoms with Gasteiger partial charge >= 0.3 is 0 Å². The minimum Gasteiger partial charge on any atom is -0.370 e. The lowest BCUT2D eigenvalue weighted by atomic mass is 10.0. The zero-order chi connectivity index (χ0) is 36.9. The Morgan fingerprint density at radius 2 is 1.33 bits per heavy atom. The molecule has 1 heterocycles. The summed E-state index contributed by atoms with van der Waals surface area (Å²) in [5.41, 5.74) is 21.8. The number of carbonyl (C=O) groups excluding carboxylic acids is 7. The van der Waals surface area contributed by atoms with Crippen molar-refractivity contribution in [1.82, 2.24) is 31.9 Å². The van der Waals surface area contributed by atoms with Crippen LogP contribution >= 0.6 is 0 Å². The Kier molecular flexibility index (Phi) is 20.1. The van der Waals surface area contributed by atoms with Crippen LogP contribution in [0.15, 0.2) is 4.99 Å². The van der Waals surface area contributed by atoms with E-state index >= 15 is 0 Å². The predicted molar refractivity (Wildman–Crippen MR) is 183 cm³/mol. The number of aldehydes is 1. The van der Waals surface area contributed by atoms with Crippen LogP contribution in [0.25, 0.3) is 0 Å². The summed E-state index contributed by atoms with van der Waals surface area (Å²) in [5.74, 6) is -3.90. The summed E-state index contributed by atoms with van der Waals surface area (Å²) in [4.78, 5) is 93.2. The van der Waals surface area contributed by atoms with Crippen LogP contribution in [0.4, 0.5) is 0 Å². The van der Waals surface area contributed by atoms with E-state index in [2.05, 4.69) is 36.9 Å². The molecule has 0 bridgehead atoms. The summed E-state index contributed by atoms with van der Waals surface area (Å²) in [7, 11) is 0. The highest BCUT2D eigenvalue weighted by Crippen LogP contribution is 2.10. The van der Waals surface area contributed by atoms with Crippen LogP contribution in [0.1, 0.15) is 85.0 Å². The Morgan fingerprint density at radius 1 is 0.776 bits per heavy atom.